The number of likely N-dealkylation sites (tertiary alicyclic amines) is 1. The van der Waals surface area contributed by atoms with E-state index in [2.05, 4.69) is 25.1 Å². The van der Waals surface area contributed by atoms with E-state index in [0.717, 1.165) is 56.7 Å². The molecule has 0 saturated carbocycles. The molecule has 0 bridgehead atoms. The Morgan fingerprint density at radius 1 is 0.644 bits per heavy atom. The molecule has 2 aliphatic heterocycles. The van der Waals surface area contributed by atoms with Crippen LogP contribution in [0, 0.1) is 12.3 Å². The minimum Gasteiger partial charge on any atom is -0.390 e. The third-order valence-electron chi connectivity index (χ3n) is 15.2. The summed E-state index contributed by atoms with van der Waals surface area (Å²) in [6.07, 6.45) is 41.9. The van der Waals surface area contributed by atoms with Crippen LogP contribution in [0.15, 0.2) is 0 Å². The zero-order valence-electron chi connectivity index (χ0n) is 46.5. The van der Waals surface area contributed by atoms with Gasteiger partial charge in [0, 0.05) is 31.6 Å². The van der Waals surface area contributed by atoms with Gasteiger partial charge in [0.05, 0.1) is 30.1 Å². The quantitative estimate of drug-likeness (QED) is 0.0193. The van der Waals surface area contributed by atoms with Crippen LogP contribution in [-0.2, 0) is 23.9 Å². The molecule has 3 amide bonds. The SMILES string of the molecule is C#CCCCCN1C(=O)CC(SC[C@H]2O[C@H](OC[C@H](NC(=O)CCCCCCCCCCCCCCCCCCCCCCCCC)[C@H](O)[C@H](O)CCCCCCCCCCCCCC)[C@H](O)[C@@H](O)[C@H]2O)C1=O. The Hall–Kier alpha value is -1.76. The van der Waals surface area contributed by atoms with E-state index in [4.69, 9.17) is 15.9 Å². The van der Waals surface area contributed by atoms with Crippen LogP contribution >= 0.6 is 11.8 Å². The number of amides is 3. The first-order chi connectivity index (χ1) is 35.5. The molecule has 0 radical (unpaired) electrons. The molecule has 2 saturated heterocycles. The van der Waals surface area contributed by atoms with Crippen LogP contribution in [0.25, 0.3) is 0 Å². The van der Waals surface area contributed by atoms with E-state index in [9.17, 15) is 39.9 Å². The summed E-state index contributed by atoms with van der Waals surface area (Å²) in [5.74, 6) is 1.72. The van der Waals surface area contributed by atoms with Crippen molar-refractivity contribution in [3.05, 3.63) is 0 Å². The standard InChI is InChI=1S/C60H110N2O10S/c1-4-7-10-13-15-17-19-21-22-23-24-25-26-27-28-29-30-31-33-35-37-39-41-44-53(64)61-49(55(66)50(63)43-40-38-36-34-32-20-18-16-14-11-8-5-2)47-71-60-58(69)57(68)56(67)51(72-60)48-73-52-46-54(65)62(59(52)70)45-42-12-9-6-3/h3,49-52,55-58,60,63,66-69H,4-5,7-48H2,1-2H3,(H,61,64)/t49-,50+,51+,52?,55-,56-,57-,58+,60-/m0/s1. The summed E-state index contributed by atoms with van der Waals surface area (Å²) in [5, 5.41) is 57.4. The number of carbonyl (C=O) groups is 3. The zero-order valence-corrected chi connectivity index (χ0v) is 47.3. The van der Waals surface area contributed by atoms with Crippen LogP contribution in [-0.4, -0.2) is 121 Å². The third-order valence-corrected chi connectivity index (χ3v) is 16.5. The van der Waals surface area contributed by atoms with Crippen molar-refractivity contribution < 1.29 is 49.4 Å². The number of nitrogens with zero attached hydrogens (tertiary/aromatic N) is 1. The van der Waals surface area contributed by atoms with Gasteiger partial charge in [-0.15, -0.1) is 24.1 Å². The summed E-state index contributed by atoms with van der Waals surface area (Å²) in [4.78, 5) is 40.3. The van der Waals surface area contributed by atoms with Gasteiger partial charge in [0.1, 0.15) is 24.4 Å². The van der Waals surface area contributed by atoms with Crippen LogP contribution in [0.2, 0.25) is 0 Å². The second-order valence-electron chi connectivity index (χ2n) is 21.9. The van der Waals surface area contributed by atoms with Gasteiger partial charge in [-0.3, -0.25) is 19.3 Å². The van der Waals surface area contributed by atoms with Crippen molar-refractivity contribution in [1.82, 2.24) is 10.2 Å². The van der Waals surface area contributed by atoms with Crippen molar-refractivity contribution >= 4 is 29.5 Å². The van der Waals surface area contributed by atoms with Gasteiger partial charge in [0.15, 0.2) is 6.29 Å². The molecule has 0 aliphatic carbocycles. The van der Waals surface area contributed by atoms with Crippen molar-refractivity contribution in [1.29, 1.82) is 0 Å². The number of nitrogens with one attached hydrogen (secondary N) is 1. The lowest BCUT2D eigenvalue weighted by Crippen LogP contribution is -2.60. The van der Waals surface area contributed by atoms with Gasteiger partial charge < -0.3 is 40.3 Å². The highest BCUT2D eigenvalue weighted by Crippen LogP contribution is 2.31. The topological polar surface area (TPSA) is 186 Å². The Bertz CT molecular complexity index is 1400. The molecule has 2 aliphatic rings. The van der Waals surface area contributed by atoms with Crippen molar-refractivity contribution in [2.24, 2.45) is 0 Å². The fourth-order valence-electron chi connectivity index (χ4n) is 10.3. The van der Waals surface area contributed by atoms with Gasteiger partial charge in [-0.1, -0.05) is 232 Å². The van der Waals surface area contributed by atoms with Crippen LogP contribution in [0.1, 0.15) is 277 Å². The molecule has 12 nitrogen and oxygen atoms in total. The number of aliphatic hydroxyl groups excluding tert-OH is 5. The highest BCUT2D eigenvalue weighted by atomic mass is 32.2. The minimum atomic E-state index is -1.65. The van der Waals surface area contributed by atoms with Crippen LogP contribution in [0.5, 0.6) is 0 Å². The smallest absolute Gasteiger partial charge is 0.242 e. The number of rotatable bonds is 50. The number of hydrogen-bond donors (Lipinski definition) is 6. The summed E-state index contributed by atoms with van der Waals surface area (Å²) < 4.78 is 11.9. The van der Waals surface area contributed by atoms with E-state index < -0.39 is 54.2 Å². The fraction of sp³-hybridized carbons (Fsp3) is 0.917. The first-order valence-electron chi connectivity index (χ1n) is 30.4. The molecule has 9 atom stereocenters. The normalized spacial score (nSPS) is 21.4. The second kappa shape index (κ2) is 45.3. The Balaban J connectivity index is 1.76. The van der Waals surface area contributed by atoms with Crippen LogP contribution < -0.4 is 5.32 Å². The molecule has 2 fully saturated rings. The first kappa shape index (κ1) is 67.3. The van der Waals surface area contributed by atoms with E-state index in [1.54, 1.807) is 0 Å². The molecule has 0 aromatic carbocycles. The fourth-order valence-corrected chi connectivity index (χ4v) is 11.6. The van der Waals surface area contributed by atoms with Gasteiger partial charge in [-0.05, 0) is 25.7 Å². The molecule has 0 spiro atoms. The van der Waals surface area contributed by atoms with E-state index >= 15 is 0 Å². The maximum atomic E-state index is 13.3. The molecule has 2 heterocycles. The predicted octanol–water partition coefficient (Wildman–Crippen LogP) is 12.2. The molecule has 2 rings (SSSR count). The van der Waals surface area contributed by atoms with Crippen molar-refractivity contribution in [2.45, 2.75) is 331 Å². The number of imide groups is 1. The Morgan fingerprint density at radius 3 is 1.53 bits per heavy atom. The van der Waals surface area contributed by atoms with E-state index in [-0.39, 0.29) is 49.5 Å². The molecule has 426 valence electrons. The van der Waals surface area contributed by atoms with E-state index in [0.29, 0.717) is 32.1 Å². The van der Waals surface area contributed by atoms with Crippen LogP contribution in [0.3, 0.4) is 0 Å². The van der Waals surface area contributed by atoms with Gasteiger partial charge in [0.25, 0.3) is 0 Å². The lowest BCUT2D eigenvalue weighted by Gasteiger charge is -2.41. The average Bonchev–Trinajstić information content (AvgIpc) is 3.66. The third kappa shape index (κ3) is 31.9. The summed E-state index contributed by atoms with van der Waals surface area (Å²) in [7, 11) is 0. The number of terminal acetylenes is 1. The molecular weight excluding hydrogens is 941 g/mol. The Morgan fingerprint density at radius 2 is 1.08 bits per heavy atom. The van der Waals surface area contributed by atoms with Gasteiger partial charge in [-0.25, -0.2) is 0 Å². The minimum absolute atomic E-state index is 0.00698. The van der Waals surface area contributed by atoms with Crippen LogP contribution in [0.4, 0.5) is 0 Å². The number of ether oxygens (including phenoxy) is 2. The Kier molecular flexibility index (Phi) is 41.8. The lowest BCUT2D eigenvalue weighted by atomic mass is 9.98. The maximum absolute atomic E-state index is 13.3. The van der Waals surface area contributed by atoms with Gasteiger partial charge >= 0.3 is 0 Å². The van der Waals surface area contributed by atoms with Crippen molar-refractivity contribution in [3.8, 4) is 12.3 Å². The van der Waals surface area contributed by atoms with Crippen molar-refractivity contribution in [2.75, 3.05) is 18.9 Å². The summed E-state index contributed by atoms with van der Waals surface area (Å²) in [6, 6.07) is -1.04. The van der Waals surface area contributed by atoms with Crippen molar-refractivity contribution in [3.63, 3.8) is 0 Å². The second-order valence-corrected chi connectivity index (χ2v) is 23.1. The Labute approximate surface area is 449 Å². The number of aliphatic hydroxyl groups is 5. The predicted molar refractivity (Wildman–Crippen MR) is 299 cm³/mol. The lowest BCUT2D eigenvalue weighted by molar-refractivity contribution is -0.294. The zero-order chi connectivity index (χ0) is 53.2. The number of carbonyl (C=O) groups excluding carboxylic acids is 3. The number of unbranched alkanes of at least 4 members (excludes halogenated alkanes) is 35. The monoisotopic (exact) mass is 1050 g/mol. The maximum Gasteiger partial charge on any atom is 0.242 e. The molecule has 0 aromatic heterocycles. The molecule has 73 heavy (non-hydrogen) atoms. The summed E-state index contributed by atoms with van der Waals surface area (Å²) in [5.41, 5.74) is 0. The number of hydrogen-bond acceptors (Lipinski definition) is 11. The highest BCUT2D eigenvalue weighted by molar-refractivity contribution is 8.00. The van der Waals surface area contributed by atoms with Gasteiger partial charge in [-0.2, -0.15) is 0 Å². The molecule has 13 heteroatoms. The summed E-state index contributed by atoms with van der Waals surface area (Å²) in [6.45, 7) is 4.47. The largest absolute Gasteiger partial charge is 0.390 e. The van der Waals surface area contributed by atoms with E-state index in [1.807, 2.05) is 0 Å². The van der Waals surface area contributed by atoms with E-state index in [1.165, 1.54) is 178 Å². The summed E-state index contributed by atoms with van der Waals surface area (Å²) >= 11 is 1.13. The first-order valence-corrected chi connectivity index (χ1v) is 31.5. The van der Waals surface area contributed by atoms with Gasteiger partial charge in [0.2, 0.25) is 17.7 Å². The highest BCUT2D eigenvalue weighted by Gasteiger charge is 2.46. The number of thioether (sulfide) groups is 1. The molecule has 0 aromatic rings. The molecular formula is C60H110N2O10S. The molecule has 1 unspecified atom stereocenters. The molecule has 6 N–H and O–H groups in total. The average molecular weight is 1050 g/mol.